The summed E-state index contributed by atoms with van der Waals surface area (Å²) in [5, 5.41) is 4.08. The summed E-state index contributed by atoms with van der Waals surface area (Å²) in [6, 6.07) is 5.96. The zero-order valence-corrected chi connectivity index (χ0v) is 12.8. The fourth-order valence-corrected chi connectivity index (χ4v) is 2.84. The van der Waals surface area contributed by atoms with Crippen LogP contribution in [0, 0.1) is 6.92 Å². The van der Waals surface area contributed by atoms with Crippen LogP contribution < -0.4 is 5.73 Å². The molecular formula is C14H16BrN3O2. The third kappa shape index (κ3) is 2.51. The van der Waals surface area contributed by atoms with Gasteiger partial charge >= 0.3 is 0 Å². The Morgan fingerprint density at radius 1 is 1.30 bits per heavy atom. The zero-order valence-electron chi connectivity index (χ0n) is 11.2. The van der Waals surface area contributed by atoms with E-state index in [0.717, 1.165) is 15.6 Å². The Balaban J connectivity index is 1.93. The molecule has 0 aliphatic carbocycles. The molecule has 106 valence electrons. The van der Waals surface area contributed by atoms with Crippen molar-refractivity contribution < 1.29 is 9.26 Å². The molecule has 0 atom stereocenters. The summed E-state index contributed by atoms with van der Waals surface area (Å²) >= 11 is 3.45. The summed E-state index contributed by atoms with van der Waals surface area (Å²) in [5.74, 6) is 1.08. The summed E-state index contributed by atoms with van der Waals surface area (Å²) in [5.41, 5.74) is 7.83. The molecule has 2 N–H and O–H groups in total. The quantitative estimate of drug-likeness (QED) is 0.911. The number of hydrogen-bond acceptors (Lipinski definition) is 5. The minimum absolute atomic E-state index is 0.498. The van der Waals surface area contributed by atoms with E-state index in [1.807, 2.05) is 25.1 Å². The highest BCUT2D eigenvalue weighted by atomic mass is 79.9. The van der Waals surface area contributed by atoms with E-state index in [2.05, 4.69) is 26.1 Å². The van der Waals surface area contributed by atoms with Crippen molar-refractivity contribution >= 4 is 15.9 Å². The van der Waals surface area contributed by atoms with Crippen LogP contribution in [0.3, 0.4) is 0 Å². The average molecular weight is 338 g/mol. The van der Waals surface area contributed by atoms with Crippen LogP contribution in [-0.2, 0) is 10.3 Å². The molecule has 1 aromatic carbocycles. The molecule has 1 aliphatic heterocycles. The fraction of sp³-hybridized carbons (Fsp3) is 0.429. The van der Waals surface area contributed by atoms with E-state index in [9.17, 15) is 0 Å². The number of ether oxygens (including phenoxy) is 1. The van der Waals surface area contributed by atoms with Crippen LogP contribution in [-0.4, -0.2) is 23.4 Å². The van der Waals surface area contributed by atoms with Crippen molar-refractivity contribution in [2.75, 3.05) is 13.2 Å². The lowest BCUT2D eigenvalue weighted by atomic mass is 9.91. The Morgan fingerprint density at radius 3 is 2.75 bits per heavy atom. The number of nitrogens with two attached hydrogens (primary N) is 1. The lowest BCUT2D eigenvalue weighted by Crippen LogP contribution is -2.42. The molecule has 0 amide bonds. The highest BCUT2D eigenvalue weighted by Gasteiger charge is 2.36. The lowest BCUT2D eigenvalue weighted by Gasteiger charge is -2.29. The van der Waals surface area contributed by atoms with Gasteiger partial charge in [0.2, 0.25) is 11.7 Å². The predicted molar refractivity (Wildman–Crippen MR) is 78.1 cm³/mol. The molecule has 1 aliphatic rings. The first-order valence-corrected chi connectivity index (χ1v) is 7.35. The van der Waals surface area contributed by atoms with Crippen molar-refractivity contribution in [3.05, 3.63) is 34.1 Å². The minimum atomic E-state index is -0.563. The van der Waals surface area contributed by atoms with E-state index in [1.54, 1.807) is 0 Å². The van der Waals surface area contributed by atoms with Gasteiger partial charge in [-0.2, -0.15) is 4.98 Å². The zero-order chi connectivity index (χ0) is 14.2. The molecule has 1 aromatic heterocycles. The number of rotatable bonds is 2. The van der Waals surface area contributed by atoms with Gasteiger partial charge in [-0.25, -0.2) is 0 Å². The second-order valence-corrected chi connectivity index (χ2v) is 6.07. The third-order valence-electron chi connectivity index (χ3n) is 3.67. The van der Waals surface area contributed by atoms with Gasteiger partial charge < -0.3 is 15.0 Å². The number of halogens is 1. The summed E-state index contributed by atoms with van der Waals surface area (Å²) in [6.45, 7) is 3.28. The molecule has 0 unspecified atom stereocenters. The predicted octanol–water partition coefficient (Wildman–Crippen LogP) is 2.77. The van der Waals surface area contributed by atoms with Crippen molar-refractivity contribution in [3.8, 4) is 11.4 Å². The van der Waals surface area contributed by atoms with Gasteiger partial charge in [0.25, 0.3) is 0 Å². The van der Waals surface area contributed by atoms with E-state index in [0.29, 0.717) is 37.8 Å². The smallest absolute Gasteiger partial charge is 0.247 e. The van der Waals surface area contributed by atoms with E-state index >= 15 is 0 Å². The normalized spacial score (nSPS) is 18.1. The maximum atomic E-state index is 6.35. The molecule has 0 radical (unpaired) electrons. The van der Waals surface area contributed by atoms with Crippen molar-refractivity contribution in [2.45, 2.75) is 25.3 Å². The number of aryl methyl sites for hydroxylation is 1. The average Bonchev–Trinajstić information content (AvgIpc) is 2.90. The molecule has 0 saturated carbocycles. The molecule has 3 rings (SSSR count). The van der Waals surface area contributed by atoms with Crippen LogP contribution in [0.15, 0.2) is 27.2 Å². The Kier molecular flexibility index (Phi) is 3.62. The first kappa shape index (κ1) is 13.7. The highest BCUT2D eigenvalue weighted by molar-refractivity contribution is 9.10. The SMILES string of the molecule is Cc1cc(Br)ccc1-c1noc(C2(N)CCOCC2)n1. The van der Waals surface area contributed by atoms with Gasteiger partial charge in [0.1, 0.15) is 5.54 Å². The molecule has 20 heavy (non-hydrogen) atoms. The third-order valence-corrected chi connectivity index (χ3v) is 4.16. The highest BCUT2D eigenvalue weighted by Crippen LogP contribution is 2.30. The van der Waals surface area contributed by atoms with Gasteiger partial charge in [0.05, 0.1) is 0 Å². The summed E-state index contributed by atoms with van der Waals surface area (Å²) in [4.78, 5) is 4.49. The van der Waals surface area contributed by atoms with Crippen LogP contribution >= 0.6 is 15.9 Å². The fourth-order valence-electron chi connectivity index (χ4n) is 2.36. The molecule has 1 fully saturated rings. The number of nitrogens with zero attached hydrogens (tertiary/aromatic N) is 2. The molecule has 1 saturated heterocycles. The standard InChI is InChI=1S/C14H16BrN3O2/c1-9-8-10(15)2-3-11(9)12-17-13(20-18-12)14(16)4-6-19-7-5-14/h2-3,8H,4-7,16H2,1H3. The molecule has 6 heteroatoms. The molecule has 2 heterocycles. The Bertz CT molecular complexity index is 621. The summed E-state index contributed by atoms with van der Waals surface area (Å²) in [7, 11) is 0. The first-order valence-electron chi connectivity index (χ1n) is 6.56. The van der Waals surface area contributed by atoms with Crippen LogP contribution in [0.4, 0.5) is 0 Å². The van der Waals surface area contributed by atoms with Crippen LogP contribution in [0.2, 0.25) is 0 Å². The van der Waals surface area contributed by atoms with Crippen molar-refractivity contribution in [2.24, 2.45) is 5.73 Å². The van der Waals surface area contributed by atoms with E-state index in [1.165, 1.54) is 0 Å². The number of hydrogen-bond donors (Lipinski definition) is 1. The second-order valence-electron chi connectivity index (χ2n) is 5.15. The molecular weight excluding hydrogens is 322 g/mol. The molecule has 2 aromatic rings. The molecule has 5 nitrogen and oxygen atoms in total. The number of benzene rings is 1. The van der Waals surface area contributed by atoms with Gasteiger partial charge in [0, 0.05) is 23.2 Å². The Labute approximate surface area is 125 Å². The second kappa shape index (κ2) is 5.27. The molecule has 0 bridgehead atoms. The lowest BCUT2D eigenvalue weighted by molar-refractivity contribution is 0.0400. The topological polar surface area (TPSA) is 74.2 Å². The van der Waals surface area contributed by atoms with Crippen molar-refractivity contribution in [1.29, 1.82) is 0 Å². The van der Waals surface area contributed by atoms with Gasteiger partial charge in [-0.1, -0.05) is 21.1 Å². The van der Waals surface area contributed by atoms with Gasteiger partial charge in [-0.05, 0) is 43.5 Å². The van der Waals surface area contributed by atoms with Crippen molar-refractivity contribution in [1.82, 2.24) is 10.1 Å². The van der Waals surface area contributed by atoms with Crippen LogP contribution in [0.5, 0.6) is 0 Å². The minimum Gasteiger partial charge on any atom is -0.381 e. The maximum absolute atomic E-state index is 6.35. The first-order chi connectivity index (χ1) is 9.58. The van der Waals surface area contributed by atoms with Gasteiger partial charge in [0.15, 0.2) is 0 Å². The largest absolute Gasteiger partial charge is 0.381 e. The Hall–Kier alpha value is -1.24. The molecule has 0 spiro atoms. The van der Waals surface area contributed by atoms with Gasteiger partial charge in [-0.15, -0.1) is 0 Å². The van der Waals surface area contributed by atoms with Gasteiger partial charge in [-0.3, -0.25) is 0 Å². The summed E-state index contributed by atoms with van der Waals surface area (Å²) in [6.07, 6.45) is 1.40. The van der Waals surface area contributed by atoms with Crippen molar-refractivity contribution in [3.63, 3.8) is 0 Å². The number of aromatic nitrogens is 2. The monoisotopic (exact) mass is 337 g/mol. The Morgan fingerprint density at radius 2 is 2.05 bits per heavy atom. The van der Waals surface area contributed by atoms with E-state index < -0.39 is 5.54 Å². The van der Waals surface area contributed by atoms with Crippen LogP contribution in [0.25, 0.3) is 11.4 Å². The van der Waals surface area contributed by atoms with Crippen LogP contribution in [0.1, 0.15) is 24.3 Å². The maximum Gasteiger partial charge on any atom is 0.247 e. The van der Waals surface area contributed by atoms with E-state index in [4.69, 9.17) is 15.0 Å². The summed E-state index contributed by atoms with van der Waals surface area (Å²) < 4.78 is 11.8. The van der Waals surface area contributed by atoms with E-state index in [-0.39, 0.29) is 0 Å².